The number of likely N-dealkylation sites (N-methyl/N-ethyl adjacent to an activating group) is 2. The Bertz CT molecular complexity index is 1760. The van der Waals surface area contributed by atoms with Crippen molar-refractivity contribution in [2.45, 2.75) is 58.2 Å². The molecule has 8 nitrogen and oxygen atoms in total. The first kappa shape index (κ1) is 29.8. The molecular weight excluding hydrogens is 540 g/mol. The molecule has 2 atom stereocenters. The van der Waals surface area contributed by atoms with E-state index < -0.39 is 23.8 Å². The van der Waals surface area contributed by atoms with Gasteiger partial charge in [0, 0.05) is 26.9 Å². The van der Waals surface area contributed by atoms with Crippen LogP contribution in [0.15, 0.2) is 89.5 Å². The standard InChI is InChI=1S/C35H38N4O4/c1-23-36-32(43-37-23)30(21-24-15-17-26-11-7-9-13-28(26)19-24)38(5)33(40)31(39(6)34(41)42-35(2,3)4)22-25-16-18-27-12-8-10-14-29(27)20-25/h7-20,30-31H,21-22H2,1-6H3. The third-order valence-electron chi connectivity index (χ3n) is 7.56. The molecule has 5 rings (SSSR count). The molecule has 4 aromatic carbocycles. The number of amides is 2. The third-order valence-corrected chi connectivity index (χ3v) is 7.56. The lowest BCUT2D eigenvalue weighted by molar-refractivity contribution is -0.138. The fourth-order valence-electron chi connectivity index (χ4n) is 5.26. The Labute approximate surface area is 252 Å². The summed E-state index contributed by atoms with van der Waals surface area (Å²) in [5, 5.41) is 8.42. The van der Waals surface area contributed by atoms with Crippen LogP contribution in [0.3, 0.4) is 0 Å². The monoisotopic (exact) mass is 578 g/mol. The summed E-state index contributed by atoms with van der Waals surface area (Å²) in [7, 11) is 3.34. The van der Waals surface area contributed by atoms with Gasteiger partial charge in [0.15, 0.2) is 5.82 Å². The second-order valence-corrected chi connectivity index (χ2v) is 12.0. The number of nitrogens with zero attached hydrogens (tertiary/aromatic N) is 4. The smallest absolute Gasteiger partial charge is 0.410 e. The van der Waals surface area contributed by atoms with Crippen LogP contribution in [0.4, 0.5) is 4.79 Å². The van der Waals surface area contributed by atoms with Crippen molar-refractivity contribution in [2.24, 2.45) is 0 Å². The molecule has 2 amide bonds. The molecule has 8 heteroatoms. The van der Waals surface area contributed by atoms with Gasteiger partial charge < -0.3 is 14.2 Å². The normalized spacial score (nSPS) is 13.1. The summed E-state index contributed by atoms with van der Waals surface area (Å²) in [5.41, 5.74) is 1.24. The predicted molar refractivity (Wildman–Crippen MR) is 168 cm³/mol. The first-order chi connectivity index (χ1) is 20.5. The summed E-state index contributed by atoms with van der Waals surface area (Å²) in [4.78, 5) is 35.2. The molecule has 0 fully saturated rings. The zero-order valence-corrected chi connectivity index (χ0v) is 25.6. The van der Waals surface area contributed by atoms with Gasteiger partial charge in [-0.1, -0.05) is 90.1 Å². The number of hydrogen-bond donors (Lipinski definition) is 0. The maximum absolute atomic E-state index is 14.4. The number of aromatic nitrogens is 2. The topological polar surface area (TPSA) is 88.8 Å². The lowest BCUT2D eigenvalue weighted by atomic mass is 9.98. The van der Waals surface area contributed by atoms with Crippen LogP contribution in [0.5, 0.6) is 0 Å². The molecule has 0 radical (unpaired) electrons. The maximum atomic E-state index is 14.4. The van der Waals surface area contributed by atoms with Crippen LogP contribution in [0.25, 0.3) is 21.5 Å². The van der Waals surface area contributed by atoms with Crippen molar-refractivity contribution in [3.8, 4) is 0 Å². The largest absolute Gasteiger partial charge is 0.444 e. The molecule has 0 aliphatic heterocycles. The zero-order chi connectivity index (χ0) is 30.7. The summed E-state index contributed by atoms with van der Waals surface area (Å²) in [5.74, 6) is 0.562. The van der Waals surface area contributed by atoms with E-state index in [0.717, 1.165) is 32.7 Å². The number of carbonyl (C=O) groups excluding carboxylic acids is 2. The molecule has 0 saturated carbocycles. The molecular formula is C35H38N4O4. The predicted octanol–water partition coefficient (Wildman–Crippen LogP) is 6.90. The lowest BCUT2D eigenvalue weighted by Gasteiger charge is -2.34. The van der Waals surface area contributed by atoms with E-state index in [1.54, 1.807) is 25.9 Å². The number of aryl methyl sites for hydroxylation is 1. The number of benzene rings is 4. The zero-order valence-electron chi connectivity index (χ0n) is 25.6. The van der Waals surface area contributed by atoms with Crippen molar-refractivity contribution >= 4 is 33.5 Å². The van der Waals surface area contributed by atoms with Gasteiger partial charge in [-0.2, -0.15) is 4.98 Å². The molecule has 2 unspecified atom stereocenters. The van der Waals surface area contributed by atoms with Crippen molar-refractivity contribution in [1.82, 2.24) is 19.9 Å². The van der Waals surface area contributed by atoms with Crippen molar-refractivity contribution in [1.29, 1.82) is 0 Å². The third kappa shape index (κ3) is 7.02. The van der Waals surface area contributed by atoms with E-state index in [4.69, 9.17) is 9.26 Å². The van der Waals surface area contributed by atoms with E-state index in [9.17, 15) is 9.59 Å². The quantitative estimate of drug-likeness (QED) is 0.199. The highest BCUT2D eigenvalue weighted by Gasteiger charge is 2.36. The van der Waals surface area contributed by atoms with Gasteiger partial charge in [-0.15, -0.1) is 0 Å². The molecule has 0 N–H and O–H groups in total. The fourth-order valence-corrected chi connectivity index (χ4v) is 5.26. The van der Waals surface area contributed by atoms with E-state index in [1.807, 2.05) is 69.3 Å². The van der Waals surface area contributed by atoms with Gasteiger partial charge in [-0.05, 0) is 60.4 Å². The fraction of sp³-hybridized carbons (Fsp3) is 0.314. The summed E-state index contributed by atoms with van der Waals surface area (Å²) < 4.78 is 11.3. The van der Waals surface area contributed by atoms with Crippen LogP contribution in [0.2, 0.25) is 0 Å². The van der Waals surface area contributed by atoms with Crippen LogP contribution < -0.4 is 0 Å². The van der Waals surface area contributed by atoms with Crippen molar-refractivity contribution < 1.29 is 18.8 Å². The minimum Gasteiger partial charge on any atom is -0.444 e. The average molecular weight is 579 g/mol. The highest BCUT2D eigenvalue weighted by molar-refractivity contribution is 5.87. The van der Waals surface area contributed by atoms with Gasteiger partial charge in [-0.25, -0.2) is 4.79 Å². The second kappa shape index (κ2) is 12.3. The van der Waals surface area contributed by atoms with Crippen molar-refractivity contribution in [3.05, 3.63) is 108 Å². The lowest BCUT2D eigenvalue weighted by Crippen LogP contribution is -2.51. The molecule has 222 valence electrons. The first-order valence-corrected chi connectivity index (χ1v) is 14.5. The minimum absolute atomic E-state index is 0.261. The minimum atomic E-state index is -0.843. The van der Waals surface area contributed by atoms with Crippen LogP contribution in [-0.4, -0.2) is 57.7 Å². The summed E-state index contributed by atoms with van der Waals surface area (Å²) >= 11 is 0. The second-order valence-electron chi connectivity index (χ2n) is 12.0. The summed E-state index contributed by atoms with van der Waals surface area (Å²) in [6.45, 7) is 7.17. The molecule has 0 aliphatic rings. The molecule has 0 bridgehead atoms. The van der Waals surface area contributed by atoms with E-state index >= 15 is 0 Å². The van der Waals surface area contributed by atoms with Gasteiger partial charge in [0.1, 0.15) is 17.7 Å². The van der Waals surface area contributed by atoms with Gasteiger partial charge >= 0.3 is 6.09 Å². The van der Waals surface area contributed by atoms with E-state index in [-0.39, 0.29) is 5.91 Å². The number of hydrogen-bond acceptors (Lipinski definition) is 6. The molecule has 5 aromatic rings. The highest BCUT2D eigenvalue weighted by Crippen LogP contribution is 2.28. The van der Waals surface area contributed by atoms with Crippen molar-refractivity contribution in [2.75, 3.05) is 14.1 Å². The highest BCUT2D eigenvalue weighted by atomic mass is 16.6. The molecule has 0 aliphatic carbocycles. The van der Waals surface area contributed by atoms with Crippen LogP contribution >= 0.6 is 0 Å². The molecule has 1 aromatic heterocycles. The molecule has 0 spiro atoms. The number of fused-ring (bicyclic) bond motifs is 2. The first-order valence-electron chi connectivity index (χ1n) is 14.5. The average Bonchev–Trinajstić information content (AvgIpc) is 3.42. The van der Waals surface area contributed by atoms with Gasteiger partial charge in [-0.3, -0.25) is 9.69 Å². The van der Waals surface area contributed by atoms with Gasteiger partial charge in [0.25, 0.3) is 0 Å². The van der Waals surface area contributed by atoms with E-state index in [2.05, 4.69) is 46.5 Å². The Morgan fingerprint density at radius 1 is 0.791 bits per heavy atom. The Balaban J connectivity index is 1.49. The van der Waals surface area contributed by atoms with E-state index in [1.165, 1.54) is 4.90 Å². The van der Waals surface area contributed by atoms with Crippen LogP contribution in [0.1, 0.15) is 49.7 Å². The Kier molecular flexibility index (Phi) is 8.48. The maximum Gasteiger partial charge on any atom is 0.410 e. The number of rotatable bonds is 8. The number of carbonyl (C=O) groups is 2. The van der Waals surface area contributed by atoms with Crippen molar-refractivity contribution in [3.63, 3.8) is 0 Å². The SMILES string of the molecule is Cc1noc(C(Cc2ccc3ccccc3c2)N(C)C(=O)C(Cc2ccc3ccccc3c2)N(C)C(=O)OC(C)(C)C)n1. The molecule has 0 saturated heterocycles. The Morgan fingerprint density at radius 3 is 1.84 bits per heavy atom. The number of ether oxygens (including phenoxy) is 1. The van der Waals surface area contributed by atoms with Gasteiger partial charge in [0.2, 0.25) is 11.8 Å². The van der Waals surface area contributed by atoms with Crippen LogP contribution in [-0.2, 0) is 22.4 Å². The Hall–Kier alpha value is -4.72. The molecule has 43 heavy (non-hydrogen) atoms. The summed E-state index contributed by atoms with van der Waals surface area (Å²) in [6.07, 6.45) is 0.183. The van der Waals surface area contributed by atoms with Crippen LogP contribution in [0, 0.1) is 6.92 Å². The van der Waals surface area contributed by atoms with E-state index in [0.29, 0.717) is 24.6 Å². The summed E-state index contributed by atoms with van der Waals surface area (Å²) in [6, 6.07) is 27.1. The molecule has 1 heterocycles. The van der Waals surface area contributed by atoms with Gasteiger partial charge in [0.05, 0.1) is 0 Å². The Morgan fingerprint density at radius 2 is 1.33 bits per heavy atom.